The van der Waals surface area contributed by atoms with E-state index >= 15 is 0 Å². The molecule has 0 saturated heterocycles. The Labute approximate surface area is 92.1 Å². The van der Waals surface area contributed by atoms with Gasteiger partial charge in [0.05, 0.1) is 6.34 Å². The average Bonchev–Trinajstić information content (AvgIpc) is 1.95. The van der Waals surface area contributed by atoms with E-state index in [4.69, 9.17) is 34.8 Å². The second-order valence-corrected chi connectivity index (χ2v) is 4.58. The molecular formula is C6H10Cl3N3O. The topological polar surface area (TPSA) is 37.2 Å². The van der Waals surface area contributed by atoms with E-state index in [0.717, 1.165) is 0 Å². The molecule has 0 aliphatic carbocycles. The molecule has 0 rings (SSSR count). The summed E-state index contributed by atoms with van der Waals surface area (Å²) in [6.07, 6.45) is 1.46. The molecule has 0 N–H and O–H groups in total. The minimum Gasteiger partial charge on any atom is -0.398 e. The lowest BCUT2D eigenvalue weighted by Gasteiger charge is -2.10. The predicted molar refractivity (Wildman–Crippen MR) is 56.9 cm³/mol. The number of amidine groups is 1. The standard InChI is InChI=1S/C6H10Cl3N3O/c1-12(2)4-10-5(11-13-3)6(7,8)9/h4H,1-3H3/b10-4?,11-5-. The van der Waals surface area contributed by atoms with Crippen LogP contribution in [0.5, 0.6) is 0 Å². The first-order valence-corrected chi connectivity index (χ1v) is 4.40. The van der Waals surface area contributed by atoms with Crippen LogP contribution in [0.3, 0.4) is 0 Å². The molecule has 0 radical (unpaired) electrons. The molecule has 0 aromatic rings. The number of rotatable bonds is 2. The highest BCUT2D eigenvalue weighted by molar-refractivity contribution is 6.76. The maximum absolute atomic E-state index is 5.55. The fourth-order valence-electron chi connectivity index (χ4n) is 0.405. The van der Waals surface area contributed by atoms with Crippen LogP contribution in [-0.4, -0.2) is 42.1 Å². The zero-order chi connectivity index (χ0) is 10.5. The van der Waals surface area contributed by atoms with Crippen LogP contribution in [0.4, 0.5) is 0 Å². The number of halogens is 3. The van der Waals surface area contributed by atoms with E-state index in [1.165, 1.54) is 13.4 Å². The monoisotopic (exact) mass is 245 g/mol. The quantitative estimate of drug-likeness (QED) is 0.323. The third kappa shape index (κ3) is 5.96. The van der Waals surface area contributed by atoms with Gasteiger partial charge in [0.25, 0.3) is 3.79 Å². The first kappa shape index (κ1) is 12.8. The van der Waals surface area contributed by atoms with Gasteiger partial charge in [-0.2, -0.15) is 0 Å². The van der Waals surface area contributed by atoms with Gasteiger partial charge < -0.3 is 9.74 Å². The maximum Gasteiger partial charge on any atom is 0.253 e. The van der Waals surface area contributed by atoms with Gasteiger partial charge in [-0.3, -0.25) is 0 Å². The molecule has 0 aliphatic heterocycles. The molecule has 13 heavy (non-hydrogen) atoms. The van der Waals surface area contributed by atoms with Gasteiger partial charge in [-0.15, -0.1) is 0 Å². The van der Waals surface area contributed by atoms with Gasteiger partial charge in [0, 0.05) is 14.1 Å². The van der Waals surface area contributed by atoms with Crippen LogP contribution >= 0.6 is 34.8 Å². The van der Waals surface area contributed by atoms with Crippen molar-refractivity contribution in [1.82, 2.24) is 4.90 Å². The molecule has 0 atom stereocenters. The van der Waals surface area contributed by atoms with Crippen molar-refractivity contribution in [2.45, 2.75) is 3.79 Å². The summed E-state index contributed by atoms with van der Waals surface area (Å²) < 4.78 is -1.68. The number of hydrogen-bond acceptors (Lipinski definition) is 2. The Hall–Kier alpha value is -0.190. The van der Waals surface area contributed by atoms with Gasteiger partial charge in [0.15, 0.2) is 0 Å². The number of nitrogens with zero attached hydrogens (tertiary/aromatic N) is 3. The molecule has 0 aliphatic rings. The van der Waals surface area contributed by atoms with E-state index in [1.54, 1.807) is 19.0 Å². The highest BCUT2D eigenvalue weighted by atomic mass is 35.6. The van der Waals surface area contributed by atoms with Crippen molar-refractivity contribution in [3.05, 3.63) is 0 Å². The van der Waals surface area contributed by atoms with Crippen molar-refractivity contribution < 1.29 is 4.84 Å². The smallest absolute Gasteiger partial charge is 0.253 e. The summed E-state index contributed by atoms with van der Waals surface area (Å²) in [5, 5.41) is 3.46. The molecule has 0 unspecified atom stereocenters. The first-order valence-electron chi connectivity index (χ1n) is 3.27. The molecule has 7 heteroatoms. The van der Waals surface area contributed by atoms with E-state index < -0.39 is 3.79 Å². The molecule has 0 bridgehead atoms. The third-order valence-corrected chi connectivity index (χ3v) is 1.35. The zero-order valence-corrected chi connectivity index (χ0v) is 9.73. The second-order valence-electron chi connectivity index (χ2n) is 2.30. The van der Waals surface area contributed by atoms with Gasteiger partial charge in [0.1, 0.15) is 7.11 Å². The Morgan fingerprint density at radius 1 is 1.38 bits per heavy atom. The number of alkyl halides is 3. The maximum atomic E-state index is 5.55. The molecule has 0 heterocycles. The summed E-state index contributed by atoms with van der Waals surface area (Å²) >= 11 is 16.6. The lowest BCUT2D eigenvalue weighted by molar-refractivity contribution is 0.212. The number of hydrogen-bond donors (Lipinski definition) is 0. The van der Waals surface area contributed by atoms with E-state index in [9.17, 15) is 0 Å². The molecule has 4 nitrogen and oxygen atoms in total. The third-order valence-electron chi connectivity index (χ3n) is 0.842. The number of aliphatic imine (C=N–C) groups is 1. The van der Waals surface area contributed by atoms with Crippen molar-refractivity contribution in [3.63, 3.8) is 0 Å². The predicted octanol–water partition coefficient (Wildman–Crippen LogP) is 1.91. The van der Waals surface area contributed by atoms with Gasteiger partial charge in [-0.1, -0.05) is 40.0 Å². The Morgan fingerprint density at radius 3 is 2.23 bits per heavy atom. The van der Waals surface area contributed by atoms with Crippen LogP contribution in [0.1, 0.15) is 0 Å². The Kier molecular flexibility index (Phi) is 5.44. The lowest BCUT2D eigenvalue weighted by atomic mass is 10.7. The number of oxime groups is 1. The normalized spacial score (nSPS) is 13.5. The van der Waals surface area contributed by atoms with Crippen LogP contribution in [0.25, 0.3) is 0 Å². The molecule has 76 valence electrons. The SMILES string of the molecule is CO/N=C(\N=CN(C)C)C(Cl)(Cl)Cl. The van der Waals surface area contributed by atoms with Crippen molar-refractivity contribution in [2.75, 3.05) is 21.2 Å². The van der Waals surface area contributed by atoms with E-state index in [0.29, 0.717) is 0 Å². The fourth-order valence-corrected chi connectivity index (χ4v) is 0.655. The minimum absolute atomic E-state index is 0.0197. The summed E-state index contributed by atoms with van der Waals surface area (Å²) in [6.45, 7) is 0. The van der Waals surface area contributed by atoms with Crippen molar-refractivity contribution in [2.24, 2.45) is 10.1 Å². The van der Waals surface area contributed by atoms with E-state index in [2.05, 4.69) is 15.0 Å². The van der Waals surface area contributed by atoms with Crippen LogP contribution in [-0.2, 0) is 4.84 Å². The van der Waals surface area contributed by atoms with Crippen molar-refractivity contribution in [3.8, 4) is 0 Å². The summed E-state index contributed by atoms with van der Waals surface area (Å²) in [7, 11) is 4.92. The van der Waals surface area contributed by atoms with E-state index in [1.807, 2.05) is 0 Å². The molecule has 0 aromatic heterocycles. The largest absolute Gasteiger partial charge is 0.398 e. The molecule has 0 fully saturated rings. The molecule has 0 spiro atoms. The Morgan fingerprint density at radius 2 is 1.92 bits per heavy atom. The molecule has 0 saturated carbocycles. The summed E-state index contributed by atoms with van der Waals surface area (Å²) in [4.78, 5) is 9.96. The van der Waals surface area contributed by atoms with Crippen LogP contribution in [0, 0.1) is 0 Å². The zero-order valence-electron chi connectivity index (χ0n) is 7.46. The van der Waals surface area contributed by atoms with Gasteiger partial charge >= 0.3 is 0 Å². The summed E-state index contributed by atoms with van der Waals surface area (Å²) in [5.41, 5.74) is 0. The highest BCUT2D eigenvalue weighted by Crippen LogP contribution is 2.28. The Bertz CT molecular complexity index is 210. The van der Waals surface area contributed by atoms with Crippen LogP contribution in [0.15, 0.2) is 10.1 Å². The van der Waals surface area contributed by atoms with Crippen LogP contribution in [0.2, 0.25) is 0 Å². The first-order chi connectivity index (χ1) is 5.88. The van der Waals surface area contributed by atoms with Crippen LogP contribution < -0.4 is 0 Å². The van der Waals surface area contributed by atoms with Crippen molar-refractivity contribution >= 4 is 47.0 Å². The summed E-state index contributed by atoms with van der Waals surface area (Å²) in [5.74, 6) is -0.0197. The van der Waals surface area contributed by atoms with Gasteiger partial charge in [-0.25, -0.2) is 4.99 Å². The second kappa shape index (κ2) is 5.52. The molecule has 0 aromatic carbocycles. The molecule has 0 amide bonds. The molecular weight excluding hydrogens is 236 g/mol. The lowest BCUT2D eigenvalue weighted by Crippen LogP contribution is -2.19. The van der Waals surface area contributed by atoms with Crippen molar-refractivity contribution in [1.29, 1.82) is 0 Å². The average molecular weight is 247 g/mol. The minimum atomic E-state index is -1.68. The van der Waals surface area contributed by atoms with E-state index in [-0.39, 0.29) is 5.84 Å². The van der Waals surface area contributed by atoms with Gasteiger partial charge in [0.2, 0.25) is 5.84 Å². The highest BCUT2D eigenvalue weighted by Gasteiger charge is 2.28. The fraction of sp³-hybridized carbons (Fsp3) is 0.667. The Balaban J connectivity index is 4.56. The van der Waals surface area contributed by atoms with Gasteiger partial charge in [-0.05, 0) is 0 Å². The summed E-state index contributed by atoms with van der Waals surface area (Å²) in [6, 6.07) is 0.